The fourth-order valence-electron chi connectivity index (χ4n) is 3.46. The van der Waals surface area contributed by atoms with Crippen LogP contribution in [0, 0.1) is 6.92 Å². The minimum atomic E-state index is 0.672. The van der Waals surface area contributed by atoms with E-state index in [9.17, 15) is 0 Å². The van der Waals surface area contributed by atoms with Gasteiger partial charge in [-0.05, 0) is 36.6 Å². The highest BCUT2D eigenvalue weighted by Crippen LogP contribution is 2.30. The lowest BCUT2D eigenvalue weighted by Crippen LogP contribution is -2.36. The summed E-state index contributed by atoms with van der Waals surface area (Å²) in [5, 5.41) is 0. The van der Waals surface area contributed by atoms with Gasteiger partial charge in [0.25, 0.3) is 0 Å². The maximum Gasteiger partial charge on any atom is 0.0713 e. The zero-order valence-electron chi connectivity index (χ0n) is 11.9. The van der Waals surface area contributed by atoms with Gasteiger partial charge < -0.3 is 4.90 Å². The lowest BCUT2D eigenvalue weighted by molar-refractivity contribution is 0.233. The lowest BCUT2D eigenvalue weighted by Gasteiger charge is -2.29. The van der Waals surface area contributed by atoms with Crippen molar-refractivity contribution in [3.63, 3.8) is 0 Å². The lowest BCUT2D eigenvalue weighted by atomic mass is 9.95. The molecule has 20 heavy (non-hydrogen) atoms. The minimum Gasteiger partial charge on any atom is -0.357 e. The van der Waals surface area contributed by atoms with E-state index in [0.29, 0.717) is 6.04 Å². The quantitative estimate of drug-likeness (QED) is 0.780. The molecule has 0 bridgehead atoms. The van der Waals surface area contributed by atoms with Crippen molar-refractivity contribution >= 4 is 5.69 Å². The zero-order valence-corrected chi connectivity index (χ0v) is 11.9. The molecule has 0 N–H and O–H groups in total. The number of benzene rings is 2. The smallest absolute Gasteiger partial charge is 0.0713 e. The number of hydrogen-bond acceptors (Lipinski definition) is 2. The van der Waals surface area contributed by atoms with Crippen molar-refractivity contribution in [1.82, 2.24) is 4.90 Å². The van der Waals surface area contributed by atoms with Crippen LogP contribution in [-0.4, -0.2) is 24.2 Å². The molecule has 2 heterocycles. The van der Waals surface area contributed by atoms with Crippen molar-refractivity contribution < 1.29 is 0 Å². The molecule has 0 saturated carbocycles. The Morgan fingerprint density at radius 3 is 2.50 bits per heavy atom. The first kappa shape index (κ1) is 12.0. The summed E-state index contributed by atoms with van der Waals surface area (Å²) in [5.41, 5.74) is 5.74. The second-order valence-corrected chi connectivity index (χ2v) is 6.07. The van der Waals surface area contributed by atoms with Gasteiger partial charge in [0.1, 0.15) is 0 Å². The van der Waals surface area contributed by atoms with Crippen LogP contribution in [0.15, 0.2) is 48.5 Å². The first-order chi connectivity index (χ1) is 9.79. The molecule has 2 aromatic rings. The first-order valence-electron chi connectivity index (χ1n) is 7.42. The molecule has 2 aliphatic rings. The predicted molar refractivity (Wildman–Crippen MR) is 82.9 cm³/mol. The van der Waals surface area contributed by atoms with Crippen molar-refractivity contribution in [2.75, 3.05) is 18.1 Å². The third-order valence-corrected chi connectivity index (χ3v) is 4.65. The van der Waals surface area contributed by atoms with Gasteiger partial charge in [-0.25, -0.2) is 0 Å². The number of anilines is 1. The maximum atomic E-state index is 2.61. The van der Waals surface area contributed by atoms with Gasteiger partial charge in [-0.15, -0.1) is 0 Å². The summed E-state index contributed by atoms with van der Waals surface area (Å²) in [4.78, 5) is 5.12. The van der Waals surface area contributed by atoms with E-state index in [2.05, 4.69) is 65.3 Å². The SMILES string of the molecule is Cc1ccc(N2CC3Cc4ccccc4CN3C2)cc1. The van der Waals surface area contributed by atoms with Crippen LogP contribution in [0.3, 0.4) is 0 Å². The highest BCUT2D eigenvalue weighted by atomic mass is 15.4. The van der Waals surface area contributed by atoms with E-state index in [1.165, 1.54) is 23.2 Å². The molecule has 102 valence electrons. The molecule has 2 nitrogen and oxygen atoms in total. The zero-order chi connectivity index (χ0) is 13.5. The van der Waals surface area contributed by atoms with Crippen molar-refractivity contribution in [1.29, 1.82) is 0 Å². The van der Waals surface area contributed by atoms with Gasteiger partial charge >= 0.3 is 0 Å². The average molecular weight is 264 g/mol. The Bertz CT molecular complexity index is 585. The summed E-state index contributed by atoms with van der Waals surface area (Å²) >= 11 is 0. The molecule has 1 atom stereocenters. The van der Waals surface area contributed by atoms with Crippen molar-refractivity contribution in [3.05, 3.63) is 65.2 Å². The number of nitrogens with zero attached hydrogens (tertiary/aromatic N) is 2. The molecule has 0 spiro atoms. The summed E-state index contributed by atoms with van der Waals surface area (Å²) in [6.07, 6.45) is 1.19. The largest absolute Gasteiger partial charge is 0.357 e. The molecule has 1 saturated heterocycles. The van der Waals surface area contributed by atoms with E-state index in [0.717, 1.165) is 19.8 Å². The molecular formula is C18H20N2. The van der Waals surface area contributed by atoms with E-state index in [4.69, 9.17) is 0 Å². The van der Waals surface area contributed by atoms with Gasteiger partial charge in [-0.3, -0.25) is 4.90 Å². The van der Waals surface area contributed by atoms with Crippen LogP contribution in [-0.2, 0) is 13.0 Å². The molecular weight excluding hydrogens is 244 g/mol. The topological polar surface area (TPSA) is 6.48 Å². The van der Waals surface area contributed by atoms with Gasteiger partial charge in [0.05, 0.1) is 6.67 Å². The maximum absolute atomic E-state index is 2.61. The van der Waals surface area contributed by atoms with Crippen molar-refractivity contribution in [2.45, 2.75) is 25.9 Å². The molecule has 1 unspecified atom stereocenters. The monoisotopic (exact) mass is 264 g/mol. The molecule has 2 aliphatic heterocycles. The third-order valence-electron chi connectivity index (χ3n) is 4.65. The predicted octanol–water partition coefficient (Wildman–Crippen LogP) is 3.20. The Kier molecular flexibility index (Phi) is 2.78. The number of aryl methyl sites for hydroxylation is 1. The Hall–Kier alpha value is -1.80. The van der Waals surface area contributed by atoms with Gasteiger partial charge in [0.2, 0.25) is 0 Å². The molecule has 0 aliphatic carbocycles. The summed E-state index contributed by atoms with van der Waals surface area (Å²) in [7, 11) is 0. The fraction of sp³-hybridized carbons (Fsp3) is 0.333. The average Bonchev–Trinajstić information content (AvgIpc) is 2.88. The summed E-state index contributed by atoms with van der Waals surface area (Å²) in [5.74, 6) is 0. The summed E-state index contributed by atoms with van der Waals surface area (Å²) in [6.45, 7) is 5.45. The molecule has 1 fully saturated rings. The van der Waals surface area contributed by atoms with Gasteiger partial charge in [-0.1, -0.05) is 42.0 Å². The molecule has 0 amide bonds. The summed E-state index contributed by atoms with van der Waals surface area (Å²) in [6, 6.07) is 18.5. The minimum absolute atomic E-state index is 0.672. The van der Waals surface area contributed by atoms with Crippen LogP contribution in [0.2, 0.25) is 0 Å². The first-order valence-corrected chi connectivity index (χ1v) is 7.42. The standard InChI is InChI=1S/C18H20N2/c1-14-6-8-17(9-7-14)20-12-18-10-15-4-2-3-5-16(15)11-19(18)13-20/h2-9,18H,10-13H2,1H3. The van der Waals surface area contributed by atoms with Crippen LogP contribution in [0.5, 0.6) is 0 Å². The molecule has 0 aromatic heterocycles. The van der Waals surface area contributed by atoms with Crippen LogP contribution in [0.25, 0.3) is 0 Å². The van der Waals surface area contributed by atoms with Gasteiger partial charge in [0, 0.05) is 24.8 Å². The van der Waals surface area contributed by atoms with Crippen LogP contribution in [0.4, 0.5) is 5.69 Å². The Balaban J connectivity index is 1.56. The third kappa shape index (κ3) is 2.01. The van der Waals surface area contributed by atoms with Crippen molar-refractivity contribution in [2.24, 2.45) is 0 Å². The molecule has 0 radical (unpaired) electrons. The van der Waals surface area contributed by atoms with Crippen LogP contribution >= 0.6 is 0 Å². The fourth-order valence-corrected chi connectivity index (χ4v) is 3.46. The number of hydrogen-bond donors (Lipinski definition) is 0. The Morgan fingerprint density at radius 2 is 1.70 bits per heavy atom. The van der Waals surface area contributed by atoms with E-state index in [1.54, 1.807) is 5.56 Å². The Labute approximate surface area is 120 Å². The van der Waals surface area contributed by atoms with E-state index < -0.39 is 0 Å². The molecule has 2 heteroatoms. The van der Waals surface area contributed by atoms with Crippen LogP contribution in [0.1, 0.15) is 16.7 Å². The molecule has 4 rings (SSSR count). The Morgan fingerprint density at radius 1 is 0.950 bits per heavy atom. The van der Waals surface area contributed by atoms with E-state index in [-0.39, 0.29) is 0 Å². The van der Waals surface area contributed by atoms with E-state index in [1.807, 2.05) is 0 Å². The highest BCUT2D eigenvalue weighted by molar-refractivity contribution is 5.49. The summed E-state index contributed by atoms with van der Waals surface area (Å²) < 4.78 is 0. The second-order valence-electron chi connectivity index (χ2n) is 6.07. The van der Waals surface area contributed by atoms with E-state index >= 15 is 0 Å². The van der Waals surface area contributed by atoms with Crippen LogP contribution < -0.4 is 4.90 Å². The van der Waals surface area contributed by atoms with Gasteiger partial charge in [0.15, 0.2) is 0 Å². The molecule has 2 aromatic carbocycles. The van der Waals surface area contributed by atoms with Crippen molar-refractivity contribution in [3.8, 4) is 0 Å². The second kappa shape index (κ2) is 4.64. The normalized spacial score (nSPS) is 21.6. The number of fused-ring (bicyclic) bond motifs is 2. The number of rotatable bonds is 1. The van der Waals surface area contributed by atoms with Gasteiger partial charge in [-0.2, -0.15) is 0 Å². The highest BCUT2D eigenvalue weighted by Gasteiger charge is 2.34.